The summed E-state index contributed by atoms with van der Waals surface area (Å²) in [4.78, 5) is 38.7. The van der Waals surface area contributed by atoms with Crippen molar-refractivity contribution >= 4 is 17.8 Å². The molecule has 0 fully saturated rings. The molecular formula is C24H27NO4. The summed E-state index contributed by atoms with van der Waals surface area (Å²) in [6.07, 6.45) is 0. The van der Waals surface area contributed by atoms with Crippen molar-refractivity contribution in [3.05, 3.63) is 69.8 Å². The van der Waals surface area contributed by atoms with Crippen molar-refractivity contribution in [2.45, 2.75) is 59.6 Å². The number of hydrogen-bond donors (Lipinski definition) is 0. The smallest absolute Gasteiger partial charge is 0.329 e. The third kappa shape index (κ3) is 3.82. The first-order chi connectivity index (χ1) is 13.5. The van der Waals surface area contributed by atoms with Crippen molar-refractivity contribution in [2.75, 3.05) is 0 Å². The number of fused-ring (bicyclic) bond motifs is 1. The molecule has 5 heteroatoms. The first-order valence-electron chi connectivity index (χ1n) is 9.76. The first-order valence-corrected chi connectivity index (χ1v) is 9.76. The standard InChI is InChI=1S/C24H27NO4/c1-14-11-17(24(4,5)6)12-15(2)20(14)13-29-23(28)16(3)25-21(26)18-9-7-8-10-19(18)22(25)27/h7-12,16H,13H2,1-6H3. The molecule has 0 saturated carbocycles. The van der Waals surface area contributed by atoms with Crippen LogP contribution in [0.2, 0.25) is 0 Å². The lowest BCUT2D eigenvalue weighted by Crippen LogP contribution is -2.43. The molecule has 0 N–H and O–H groups in total. The maximum absolute atomic E-state index is 12.6. The molecule has 0 bridgehead atoms. The van der Waals surface area contributed by atoms with E-state index in [0.717, 1.165) is 21.6 Å². The van der Waals surface area contributed by atoms with Gasteiger partial charge in [-0.15, -0.1) is 0 Å². The number of nitrogens with zero attached hydrogens (tertiary/aromatic N) is 1. The van der Waals surface area contributed by atoms with Gasteiger partial charge in [0.05, 0.1) is 11.1 Å². The van der Waals surface area contributed by atoms with Gasteiger partial charge in [0.25, 0.3) is 11.8 Å². The van der Waals surface area contributed by atoms with Gasteiger partial charge < -0.3 is 4.74 Å². The SMILES string of the molecule is Cc1cc(C(C)(C)C)cc(C)c1COC(=O)C(C)N1C(=O)c2ccccc2C1=O. The van der Waals surface area contributed by atoms with Gasteiger partial charge in [-0.3, -0.25) is 14.5 Å². The van der Waals surface area contributed by atoms with Gasteiger partial charge in [-0.25, -0.2) is 4.79 Å². The van der Waals surface area contributed by atoms with Gasteiger partial charge in [0, 0.05) is 0 Å². The minimum atomic E-state index is -0.989. The zero-order chi connectivity index (χ0) is 21.5. The lowest BCUT2D eigenvalue weighted by atomic mass is 9.84. The van der Waals surface area contributed by atoms with Gasteiger partial charge in [-0.05, 0) is 60.6 Å². The molecule has 0 radical (unpaired) electrons. The minimum Gasteiger partial charge on any atom is -0.459 e. The fourth-order valence-corrected chi connectivity index (χ4v) is 3.58. The molecule has 0 saturated heterocycles. The Hall–Kier alpha value is -2.95. The molecule has 2 aromatic carbocycles. The highest BCUT2D eigenvalue weighted by Gasteiger charge is 2.41. The Balaban J connectivity index is 1.74. The topological polar surface area (TPSA) is 63.7 Å². The average Bonchev–Trinajstić information content (AvgIpc) is 2.90. The quantitative estimate of drug-likeness (QED) is 0.573. The van der Waals surface area contributed by atoms with E-state index in [-0.39, 0.29) is 12.0 Å². The van der Waals surface area contributed by atoms with Crippen LogP contribution in [-0.2, 0) is 21.6 Å². The van der Waals surface area contributed by atoms with Crippen molar-refractivity contribution in [1.29, 1.82) is 0 Å². The van der Waals surface area contributed by atoms with E-state index in [0.29, 0.717) is 11.1 Å². The minimum absolute atomic E-state index is 0.0325. The summed E-state index contributed by atoms with van der Waals surface area (Å²) in [7, 11) is 0. The number of carbonyl (C=O) groups excluding carboxylic acids is 3. The molecular weight excluding hydrogens is 366 g/mol. The molecule has 5 nitrogen and oxygen atoms in total. The van der Waals surface area contributed by atoms with Crippen LogP contribution in [-0.4, -0.2) is 28.7 Å². The number of ether oxygens (including phenoxy) is 1. The Morgan fingerprint density at radius 3 is 1.93 bits per heavy atom. The number of amides is 2. The fraction of sp³-hybridized carbons (Fsp3) is 0.375. The summed E-state index contributed by atoms with van der Waals surface area (Å²) < 4.78 is 5.50. The maximum Gasteiger partial charge on any atom is 0.329 e. The summed E-state index contributed by atoms with van der Waals surface area (Å²) in [5.41, 5.74) is 4.95. The predicted molar refractivity (Wildman–Crippen MR) is 111 cm³/mol. The largest absolute Gasteiger partial charge is 0.459 e. The van der Waals surface area contributed by atoms with Gasteiger partial charge >= 0.3 is 5.97 Å². The molecule has 29 heavy (non-hydrogen) atoms. The van der Waals surface area contributed by atoms with E-state index in [1.54, 1.807) is 24.3 Å². The number of aryl methyl sites for hydroxylation is 2. The Kier molecular flexibility index (Phi) is 5.35. The summed E-state index contributed by atoms with van der Waals surface area (Å²) in [6.45, 7) is 12.1. The van der Waals surface area contributed by atoms with Crippen LogP contribution < -0.4 is 0 Å². The van der Waals surface area contributed by atoms with E-state index in [2.05, 4.69) is 32.9 Å². The number of imide groups is 1. The molecule has 1 aliphatic rings. The normalized spacial score (nSPS) is 14.8. The maximum atomic E-state index is 12.6. The average molecular weight is 393 g/mol. The van der Waals surface area contributed by atoms with Gasteiger partial charge in [0.1, 0.15) is 12.6 Å². The number of carbonyl (C=O) groups is 3. The molecule has 3 rings (SSSR count). The highest BCUT2D eigenvalue weighted by atomic mass is 16.5. The summed E-state index contributed by atoms with van der Waals surface area (Å²) in [5.74, 6) is -1.52. The second-order valence-electron chi connectivity index (χ2n) is 8.65. The van der Waals surface area contributed by atoms with Gasteiger partial charge in [-0.1, -0.05) is 45.0 Å². The third-order valence-corrected chi connectivity index (χ3v) is 5.47. The molecule has 1 unspecified atom stereocenters. The predicted octanol–water partition coefficient (Wildman–Crippen LogP) is 4.33. The number of hydrogen-bond acceptors (Lipinski definition) is 4. The molecule has 152 valence electrons. The zero-order valence-corrected chi connectivity index (χ0v) is 17.8. The Labute approximate surface area is 171 Å². The molecule has 0 spiro atoms. The van der Waals surface area contributed by atoms with E-state index in [9.17, 15) is 14.4 Å². The molecule has 1 aliphatic heterocycles. The van der Waals surface area contributed by atoms with Crippen LogP contribution in [0.1, 0.15) is 70.7 Å². The molecule has 0 aromatic heterocycles. The van der Waals surface area contributed by atoms with E-state index < -0.39 is 23.8 Å². The first kappa shape index (κ1) is 20.8. The highest BCUT2D eigenvalue weighted by molar-refractivity contribution is 6.22. The Morgan fingerprint density at radius 2 is 1.48 bits per heavy atom. The van der Waals surface area contributed by atoms with Crippen molar-refractivity contribution in [2.24, 2.45) is 0 Å². The molecule has 1 atom stereocenters. The molecule has 2 amide bonds. The zero-order valence-electron chi connectivity index (χ0n) is 17.8. The second kappa shape index (κ2) is 7.47. The number of rotatable bonds is 4. The Morgan fingerprint density at radius 1 is 1.00 bits per heavy atom. The van der Waals surface area contributed by atoms with E-state index in [1.165, 1.54) is 12.5 Å². The van der Waals surface area contributed by atoms with E-state index >= 15 is 0 Å². The summed E-state index contributed by atoms with van der Waals surface area (Å²) in [5, 5.41) is 0. The monoisotopic (exact) mass is 393 g/mol. The van der Waals surface area contributed by atoms with Gasteiger partial charge in [0.2, 0.25) is 0 Å². The highest BCUT2D eigenvalue weighted by Crippen LogP contribution is 2.28. The lowest BCUT2D eigenvalue weighted by molar-refractivity contribution is -0.149. The number of esters is 1. The number of benzene rings is 2. The van der Waals surface area contributed by atoms with E-state index in [1.807, 2.05) is 13.8 Å². The van der Waals surface area contributed by atoms with Crippen LogP contribution in [0.4, 0.5) is 0 Å². The van der Waals surface area contributed by atoms with Crippen molar-refractivity contribution in [1.82, 2.24) is 4.90 Å². The molecule has 1 heterocycles. The van der Waals surface area contributed by atoms with Gasteiger partial charge in [-0.2, -0.15) is 0 Å². The van der Waals surface area contributed by atoms with Crippen LogP contribution in [0.25, 0.3) is 0 Å². The van der Waals surface area contributed by atoms with Crippen LogP contribution in [0.5, 0.6) is 0 Å². The van der Waals surface area contributed by atoms with Crippen molar-refractivity contribution < 1.29 is 19.1 Å². The van der Waals surface area contributed by atoms with Crippen LogP contribution >= 0.6 is 0 Å². The third-order valence-electron chi connectivity index (χ3n) is 5.47. The lowest BCUT2D eigenvalue weighted by Gasteiger charge is -2.23. The van der Waals surface area contributed by atoms with Crippen LogP contribution in [0.15, 0.2) is 36.4 Å². The van der Waals surface area contributed by atoms with Crippen molar-refractivity contribution in [3.63, 3.8) is 0 Å². The van der Waals surface area contributed by atoms with Crippen LogP contribution in [0, 0.1) is 13.8 Å². The Bertz CT molecular complexity index is 942. The van der Waals surface area contributed by atoms with Crippen molar-refractivity contribution in [3.8, 4) is 0 Å². The summed E-state index contributed by atoms with van der Waals surface area (Å²) >= 11 is 0. The second-order valence-corrected chi connectivity index (χ2v) is 8.65. The molecule has 2 aromatic rings. The summed E-state index contributed by atoms with van der Waals surface area (Å²) in [6, 6.07) is 9.82. The molecule has 0 aliphatic carbocycles. The van der Waals surface area contributed by atoms with Crippen LogP contribution in [0.3, 0.4) is 0 Å². The fourth-order valence-electron chi connectivity index (χ4n) is 3.58. The van der Waals surface area contributed by atoms with Gasteiger partial charge in [0.15, 0.2) is 0 Å². The van der Waals surface area contributed by atoms with E-state index in [4.69, 9.17) is 4.74 Å².